The summed E-state index contributed by atoms with van der Waals surface area (Å²) < 4.78 is 12.1. The summed E-state index contributed by atoms with van der Waals surface area (Å²) in [6, 6.07) is 18.9. The predicted molar refractivity (Wildman–Crippen MR) is 113 cm³/mol. The van der Waals surface area contributed by atoms with Gasteiger partial charge in [-0.3, -0.25) is 0 Å². The molecule has 0 aliphatic carbocycles. The molecule has 0 amide bonds. The zero-order valence-electron chi connectivity index (χ0n) is 16.5. The fourth-order valence-corrected chi connectivity index (χ4v) is 3.40. The van der Waals surface area contributed by atoms with Gasteiger partial charge in [0.15, 0.2) is 0 Å². The Balaban J connectivity index is 1.69. The summed E-state index contributed by atoms with van der Waals surface area (Å²) in [5, 5.41) is 2.42. The zero-order chi connectivity index (χ0) is 19.2. The van der Waals surface area contributed by atoms with E-state index in [4.69, 9.17) is 15.2 Å². The Labute approximate surface area is 162 Å². The molecule has 0 aliphatic heterocycles. The Kier molecular flexibility index (Phi) is 6.36. The van der Waals surface area contributed by atoms with Crippen molar-refractivity contribution in [2.75, 3.05) is 19.8 Å². The van der Waals surface area contributed by atoms with E-state index in [9.17, 15) is 0 Å². The van der Waals surface area contributed by atoms with Gasteiger partial charge in [-0.15, -0.1) is 0 Å². The molecule has 3 nitrogen and oxygen atoms in total. The average molecular weight is 364 g/mol. The third-order valence-electron chi connectivity index (χ3n) is 4.78. The summed E-state index contributed by atoms with van der Waals surface area (Å²) in [7, 11) is 0. The number of rotatable bonds is 8. The molecule has 0 atom stereocenters. The van der Waals surface area contributed by atoms with Gasteiger partial charge in [0.25, 0.3) is 0 Å². The predicted octanol–water partition coefficient (Wildman–Crippen LogP) is 5.23. The van der Waals surface area contributed by atoms with Crippen LogP contribution in [0.1, 0.15) is 36.5 Å². The number of ether oxygens (including phenoxy) is 2. The van der Waals surface area contributed by atoms with Crippen molar-refractivity contribution in [2.45, 2.75) is 33.1 Å². The van der Waals surface area contributed by atoms with Gasteiger partial charge in [-0.05, 0) is 59.8 Å². The summed E-state index contributed by atoms with van der Waals surface area (Å²) in [5.74, 6) is 2.28. The highest BCUT2D eigenvalue weighted by Crippen LogP contribution is 2.29. The Hall–Kier alpha value is -2.52. The number of hydrogen-bond acceptors (Lipinski definition) is 3. The lowest BCUT2D eigenvalue weighted by Gasteiger charge is -2.17. The van der Waals surface area contributed by atoms with E-state index >= 15 is 0 Å². The van der Waals surface area contributed by atoms with Gasteiger partial charge in [0.1, 0.15) is 24.7 Å². The van der Waals surface area contributed by atoms with E-state index in [1.54, 1.807) is 0 Å². The smallest absolute Gasteiger partial charge is 0.123 e. The fraction of sp³-hybridized carbons (Fsp3) is 0.333. The second-order valence-corrected chi connectivity index (χ2v) is 7.19. The van der Waals surface area contributed by atoms with Crippen molar-refractivity contribution >= 4 is 10.8 Å². The first-order chi connectivity index (χ1) is 13.1. The molecular weight excluding hydrogens is 334 g/mol. The quantitative estimate of drug-likeness (QED) is 0.557. The molecule has 0 bridgehead atoms. The summed E-state index contributed by atoms with van der Waals surface area (Å²) in [6.45, 7) is 8.06. The molecule has 27 heavy (non-hydrogen) atoms. The number of benzene rings is 3. The average Bonchev–Trinajstić information content (AvgIpc) is 2.66. The van der Waals surface area contributed by atoms with Crippen LogP contribution in [-0.2, 0) is 6.42 Å². The van der Waals surface area contributed by atoms with E-state index in [2.05, 4.69) is 69.3 Å². The lowest BCUT2D eigenvalue weighted by molar-refractivity contribution is 0.214. The number of fused-ring (bicyclic) bond motifs is 1. The summed E-state index contributed by atoms with van der Waals surface area (Å²) in [6.07, 6.45) is 0.799. The van der Waals surface area contributed by atoms with E-state index < -0.39 is 0 Å². The Morgan fingerprint density at radius 2 is 1.63 bits per heavy atom. The molecule has 0 unspecified atom stereocenters. The standard InChI is InChI=1S/C24H29NO2/c1-17(2)20-10-8-18(3)16-24(20)27-15-14-26-23-11-9-19-6-4-5-7-21(19)22(23)12-13-25/h4-11,16-17H,12-15,25H2,1-3H3. The van der Waals surface area contributed by atoms with Crippen molar-refractivity contribution < 1.29 is 9.47 Å². The first-order valence-electron chi connectivity index (χ1n) is 9.67. The van der Waals surface area contributed by atoms with Crippen LogP contribution in [-0.4, -0.2) is 19.8 Å². The van der Waals surface area contributed by atoms with E-state index in [1.165, 1.54) is 27.5 Å². The molecule has 0 radical (unpaired) electrons. The minimum absolute atomic E-state index is 0.429. The molecule has 0 saturated carbocycles. The molecule has 0 aromatic heterocycles. The fourth-order valence-electron chi connectivity index (χ4n) is 3.40. The summed E-state index contributed by atoms with van der Waals surface area (Å²) in [5.41, 5.74) is 9.44. The Morgan fingerprint density at radius 1 is 0.889 bits per heavy atom. The first-order valence-corrected chi connectivity index (χ1v) is 9.67. The van der Waals surface area contributed by atoms with E-state index in [-0.39, 0.29) is 0 Å². The molecule has 2 N–H and O–H groups in total. The minimum Gasteiger partial charge on any atom is -0.490 e. The van der Waals surface area contributed by atoms with Crippen LogP contribution in [0.25, 0.3) is 10.8 Å². The maximum absolute atomic E-state index is 6.07. The van der Waals surface area contributed by atoms with Crippen molar-refractivity contribution in [3.63, 3.8) is 0 Å². The third kappa shape index (κ3) is 4.61. The van der Waals surface area contributed by atoms with Gasteiger partial charge >= 0.3 is 0 Å². The molecule has 0 fully saturated rings. The highest BCUT2D eigenvalue weighted by molar-refractivity contribution is 5.87. The van der Waals surface area contributed by atoms with E-state index in [0.29, 0.717) is 25.7 Å². The van der Waals surface area contributed by atoms with Gasteiger partial charge in [0.2, 0.25) is 0 Å². The van der Waals surface area contributed by atoms with Crippen molar-refractivity contribution in [1.82, 2.24) is 0 Å². The van der Waals surface area contributed by atoms with Crippen molar-refractivity contribution in [3.05, 3.63) is 71.3 Å². The molecule has 3 rings (SSSR count). The number of aryl methyl sites for hydroxylation is 1. The molecule has 3 aromatic carbocycles. The lowest BCUT2D eigenvalue weighted by Crippen LogP contribution is -2.12. The van der Waals surface area contributed by atoms with Gasteiger partial charge in [-0.25, -0.2) is 0 Å². The van der Waals surface area contributed by atoms with Crippen LogP contribution >= 0.6 is 0 Å². The van der Waals surface area contributed by atoms with Crippen LogP contribution in [0, 0.1) is 6.92 Å². The van der Waals surface area contributed by atoms with Crippen LogP contribution in [0.5, 0.6) is 11.5 Å². The second-order valence-electron chi connectivity index (χ2n) is 7.19. The largest absolute Gasteiger partial charge is 0.490 e. The SMILES string of the molecule is Cc1ccc(C(C)C)c(OCCOc2ccc3ccccc3c2CCN)c1. The third-order valence-corrected chi connectivity index (χ3v) is 4.78. The number of hydrogen-bond donors (Lipinski definition) is 1. The topological polar surface area (TPSA) is 44.5 Å². The minimum atomic E-state index is 0.429. The van der Waals surface area contributed by atoms with Gasteiger partial charge in [-0.2, -0.15) is 0 Å². The maximum atomic E-state index is 6.07. The van der Waals surface area contributed by atoms with Gasteiger partial charge in [0, 0.05) is 5.56 Å². The molecule has 0 spiro atoms. The van der Waals surface area contributed by atoms with Gasteiger partial charge in [-0.1, -0.05) is 56.3 Å². The normalized spacial score (nSPS) is 11.1. The van der Waals surface area contributed by atoms with Gasteiger partial charge in [0.05, 0.1) is 0 Å². The summed E-state index contributed by atoms with van der Waals surface area (Å²) >= 11 is 0. The van der Waals surface area contributed by atoms with Crippen LogP contribution < -0.4 is 15.2 Å². The van der Waals surface area contributed by atoms with Crippen LogP contribution in [0.3, 0.4) is 0 Å². The Morgan fingerprint density at radius 3 is 2.37 bits per heavy atom. The van der Waals surface area contributed by atoms with Crippen LogP contribution in [0.4, 0.5) is 0 Å². The monoisotopic (exact) mass is 363 g/mol. The van der Waals surface area contributed by atoms with E-state index in [0.717, 1.165) is 17.9 Å². The molecule has 0 aliphatic rings. The highest BCUT2D eigenvalue weighted by atomic mass is 16.5. The lowest BCUT2D eigenvalue weighted by atomic mass is 10.0. The first kappa shape index (κ1) is 19.2. The molecule has 0 heterocycles. The van der Waals surface area contributed by atoms with Crippen molar-refractivity contribution in [1.29, 1.82) is 0 Å². The molecule has 142 valence electrons. The van der Waals surface area contributed by atoms with Gasteiger partial charge < -0.3 is 15.2 Å². The van der Waals surface area contributed by atoms with Crippen LogP contribution in [0.15, 0.2) is 54.6 Å². The number of nitrogens with two attached hydrogens (primary N) is 1. The molecule has 3 heteroatoms. The van der Waals surface area contributed by atoms with E-state index in [1.807, 2.05) is 6.07 Å². The molecular formula is C24H29NO2. The molecule has 0 saturated heterocycles. The summed E-state index contributed by atoms with van der Waals surface area (Å²) in [4.78, 5) is 0. The zero-order valence-corrected chi connectivity index (χ0v) is 16.5. The Bertz CT molecular complexity index is 902. The van der Waals surface area contributed by atoms with Crippen LogP contribution in [0.2, 0.25) is 0 Å². The molecule has 3 aromatic rings. The highest BCUT2D eigenvalue weighted by Gasteiger charge is 2.10. The second kappa shape index (κ2) is 8.92. The van der Waals surface area contributed by atoms with Crippen molar-refractivity contribution in [2.24, 2.45) is 5.73 Å². The maximum Gasteiger partial charge on any atom is 0.123 e. The van der Waals surface area contributed by atoms with Crippen molar-refractivity contribution in [3.8, 4) is 11.5 Å².